The van der Waals surface area contributed by atoms with Crippen molar-refractivity contribution in [3.63, 3.8) is 0 Å². The second kappa shape index (κ2) is 7.70. The van der Waals surface area contributed by atoms with E-state index in [1.807, 2.05) is 13.8 Å². The molecule has 3 aromatic heterocycles. The van der Waals surface area contributed by atoms with Gasteiger partial charge in [-0.3, -0.25) is 20.4 Å². The third-order valence-electron chi connectivity index (χ3n) is 4.53. The first-order valence-electron chi connectivity index (χ1n) is 9.23. The zero-order chi connectivity index (χ0) is 21.3. The quantitative estimate of drug-likeness (QED) is 0.490. The predicted molar refractivity (Wildman–Crippen MR) is 107 cm³/mol. The van der Waals surface area contributed by atoms with Crippen molar-refractivity contribution in [3.05, 3.63) is 59.7 Å². The maximum atomic E-state index is 12.6. The van der Waals surface area contributed by atoms with Gasteiger partial charge in [0.05, 0.1) is 23.1 Å². The maximum absolute atomic E-state index is 12.6. The maximum Gasteiger partial charge on any atom is 0.271 e. The van der Waals surface area contributed by atoms with E-state index in [4.69, 9.17) is 0 Å². The molecule has 0 spiro atoms. The number of hydrogen-bond acceptors (Lipinski definition) is 7. The molecular weight excluding hydrogens is 386 g/mol. The number of aromatic nitrogens is 7. The van der Waals surface area contributed by atoms with Crippen molar-refractivity contribution in [1.82, 2.24) is 45.8 Å². The average Bonchev–Trinajstić information content (AvgIpc) is 3.41. The first kappa shape index (κ1) is 19.2. The number of nitrogens with zero attached hydrogens (tertiary/aromatic N) is 7. The Morgan fingerprint density at radius 2 is 1.80 bits per heavy atom. The molecule has 0 saturated heterocycles. The molecule has 0 aliphatic carbocycles. The van der Waals surface area contributed by atoms with Crippen molar-refractivity contribution in [1.29, 1.82) is 0 Å². The Bertz CT molecular complexity index is 1210. The van der Waals surface area contributed by atoms with Gasteiger partial charge in [0.1, 0.15) is 6.33 Å². The van der Waals surface area contributed by atoms with Crippen LogP contribution >= 0.6 is 0 Å². The zero-order valence-corrected chi connectivity index (χ0v) is 16.6. The van der Waals surface area contributed by atoms with Crippen LogP contribution in [-0.4, -0.2) is 46.8 Å². The molecule has 2 N–H and O–H groups in total. The van der Waals surface area contributed by atoms with Crippen molar-refractivity contribution < 1.29 is 9.59 Å². The number of hydrogen-bond donors (Lipinski definition) is 2. The fourth-order valence-electron chi connectivity index (χ4n) is 2.97. The number of amides is 2. The highest BCUT2D eigenvalue weighted by Crippen LogP contribution is 2.19. The summed E-state index contributed by atoms with van der Waals surface area (Å²) in [4.78, 5) is 29.4. The number of nitrogens with one attached hydrogen (secondary N) is 2. The summed E-state index contributed by atoms with van der Waals surface area (Å²) in [5.74, 6) is -0.913. The third-order valence-corrected chi connectivity index (χ3v) is 4.53. The molecule has 2 amide bonds. The van der Waals surface area contributed by atoms with E-state index < -0.39 is 11.8 Å². The summed E-state index contributed by atoms with van der Waals surface area (Å²) in [7, 11) is 0. The Kier molecular flexibility index (Phi) is 4.92. The summed E-state index contributed by atoms with van der Waals surface area (Å²) in [6.45, 7) is 5.76. The number of rotatable bonds is 4. The Labute approximate surface area is 171 Å². The van der Waals surface area contributed by atoms with Crippen LogP contribution in [0.2, 0.25) is 0 Å². The molecule has 0 bridgehead atoms. The highest BCUT2D eigenvalue weighted by Gasteiger charge is 2.16. The molecule has 0 atom stereocenters. The van der Waals surface area contributed by atoms with Crippen molar-refractivity contribution in [3.8, 4) is 5.69 Å². The first-order valence-corrected chi connectivity index (χ1v) is 9.23. The van der Waals surface area contributed by atoms with Crippen LogP contribution in [0.25, 0.3) is 16.7 Å². The van der Waals surface area contributed by atoms with Crippen LogP contribution in [0.3, 0.4) is 0 Å². The number of tetrazole rings is 1. The average molecular weight is 405 g/mol. The lowest BCUT2D eigenvalue weighted by molar-refractivity contribution is 0.0846. The predicted octanol–water partition coefficient (Wildman–Crippen LogP) is 1.37. The highest BCUT2D eigenvalue weighted by molar-refractivity contribution is 6.01. The Morgan fingerprint density at radius 1 is 1.07 bits per heavy atom. The summed E-state index contributed by atoms with van der Waals surface area (Å²) in [5, 5.41) is 16.0. The minimum atomic E-state index is -0.460. The van der Waals surface area contributed by atoms with Gasteiger partial charge in [-0.25, -0.2) is 14.3 Å². The lowest BCUT2D eigenvalue weighted by Gasteiger charge is -2.11. The van der Waals surface area contributed by atoms with Crippen molar-refractivity contribution in [2.75, 3.05) is 0 Å². The first-order chi connectivity index (χ1) is 14.4. The van der Waals surface area contributed by atoms with Gasteiger partial charge in [-0.15, -0.1) is 5.10 Å². The molecule has 4 aromatic rings. The van der Waals surface area contributed by atoms with Crippen LogP contribution in [0.15, 0.2) is 42.9 Å². The number of benzene rings is 1. The van der Waals surface area contributed by atoms with E-state index in [1.54, 1.807) is 48.1 Å². The molecule has 0 aliphatic heterocycles. The summed E-state index contributed by atoms with van der Waals surface area (Å²) >= 11 is 0. The molecule has 152 valence electrons. The number of aryl methyl sites for hydroxylation is 1. The Morgan fingerprint density at radius 3 is 2.47 bits per heavy atom. The zero-order valence-electron chi connectivity index (χ0n) is 16.6. The molecule has 4 rings (SSSR count). The number of carbonyl (C=O) groups excluding carboxylic acids is 2. The van der Waals surface area contributed by atoms with Crippen LogP contribution in [0.1, 0.15) is 46.3 Å². The summed E-state index contributed by atoms with van der Waals surface area (Å²) in [5.41, 5.74) is 7.54. The molecule has 11 heteroatoms. The van der Waals surface area contributed by atoms with Crippen LogP contribution in [0.5, 0.6) is 0 Å². The monoisotopic (exact) mass is 405 g/mol. The SMILES string of the molecule is Cc1nc2c(cnn2C(C)C)cc1C(=O)NNC(=O)c1ccc(-n2cnnn2)cc1. The molecular formula is C19H19N9O2. The van der Waals surface area contributed by atoms with Crippen LogP contribution < -0.4 is 10.9 Å². The Balaban J connectivity index is 1.45. The van der Waals surface area contributed by atoms with Crippen LogP contribution in [0.4, 0.5) is 0 Å². The molecule has 1 aromatic carbocycles. The molecule has 0 saturated carbocycles. The van der Waals surface area contributed by atoms with Gasteiger partial charge in [-0.05, 0) is 61.5 Å². The molecule has 11 nitrogen and oxygen atoms in total. The topological polar surface area (TPSA) is 133 Å². The lowest BCUT2D eigenvalue weighted by atomic mass is 10.1. The highest BCUT2D eigenvalue weighted by atomic mass is 16.2. The minimum Gasteiger partial charge on any atom is -0.267 e. The van der Waals surface area contributed by atoms with E-state index >= 15 is 0 Å². The lowest BCUT2D eigenvalue weighted by Crippen LogP contribution is -2.42. The molecule has 0 unspecified atom stereocenters. The van der Waals surface area contributed by atoms with E-state index in [9.17, 15) is 9.59 Å². The normalized spacial score (nSPS) is 11.1. The fraction of sp³-hybridized carbons (Fsp3) is 0.211. The largest absolute Gasteiger partial charge is 0.271 e. The summed E-state index contributed by atoms with van der Waals surface area (Å²) < 4.78 is 3.27. The van der Waals surface area contributed by atoms with Crippen molar-refractivity contribution in [2.45, 2.75) is 26.8 Å². The van der Waals surface area contributed by atoms with Gasteiger partial charge >= 0.3 is 0 Å². The molecule has 0 radical (unpaired) electrons. The van der Waals surface area contributed by atoms with Gasteiger partial charge in [0.15, 0.2) is 5.65 Å². The number of carbonyl (C=O) groups is 2. The van der Waals surface area contributed by atoms with Gasteiger partial charge < -0.3 is 0 Å². The molecule has 3 heterocycles. The number of pyridine rings is 1. The fourth-order valence-corrected chi connectivity index (χ4v) is 2.97. The van der Waals surface area contributed by atoms with E-state index in [0.717, 1.165) is 5.39 Å². The number of fused-ring (bicyclic) bond motifs is 1. The van der Waals surface area contributed by atoms with Crippen LogP contribution in [0, 0.1) is 6.92 Å². The van der Waals surface area contributed by atoms with Gasteiger partial charge in [-0.2, -0.15) is 5.10 Å². The second-order valence-corrected chi connectivity index (χ2v) is 6.93. The number of hydrazine groups is 1. The van der Waals surface area contributed by atoms with Crippen LogP contribution in [-0.2, 0) is 0 Å². The second-order valence-electron chi connectivity index (χ2n) is 6.93. The summed E-state index contributed by atoms with van der Waals surface area (Å²) in [6, 6.07) is 8.48. The van der Waals surface area contributed by atoms with Gasteiger partial charge in [0, 0.05) is 17.0 Å². The van der Waals surface area contributed by atoms with Gasteiger partial charge in [0.25, 0.3) is 11.8 Å². The van der Waals surface area contributed by atoms with Crippen molar-refractivity contribution >= 4 is 22.8 Å². The molecule has 0 fully saturated rings. The van der Waals surface area contributed by atoms with E-state index in [1.165, 1.54) is 11.0 Å². The smallest absolute Gasteiger partial charge is 0.267 e. The Hall–Kier alpha value is -4.15. The molecule has 30 heavy (non-hydrogen) atoms. The van der Waals surface area contributed by atoms with E-state index in [2.05, 4.69) is 36.5 Å². The minimum absolute atomic E-state index is 0.153. The van der Waals surface area contributed by atoms with Crippen molar-refractivity contribution in [2.24, 2.45) is 0 Å². The third kappa shape index (κ3) is 3.60. The molecule has 0 aliphatic rings. The van der Waals surface area contributed by atoms with Gasteiger partial charge in [0.2, 0.25) is 0 Å². The summed E-state index contributed by atoms with van der Waals surface area (Å²) in [6.07, 6.45) is 3.12. The van der Waals surface area contributed by atoms with E-state index in [-0.39, 0.29) is 6.04 Å². The van der Waals surface area contributed by atoms with Gasteiger partial charge in [-0.1, -0.05) is 0 Å². The standard InChI is InChI=1S/C19H19N9O2/c1-11(2)28-17-14(9-21-28)8-16(12(3)22-17)19(30)24-23-18(29)13-4-6-15(7-5-13)27-10-20-25-26-27/h4-11H,1-3H3,(H,23,29)(H,24,30). The van der Waals surface area contributed by atoms with E-state index in [0.29, 0.717) is 28.2 Å².